The highest BCUT2D eigenvalue weighted by Crippen LogP contribution is 2.30. The smallest absolute Gasteiger partial charge is 0.253 e. The molecule has 0 aliphatic heterocycles. The summed E-state index contributed by atoms with van der Waals surface area (Å²) >= 11 is 0. The highest BCUT2D eigenvalue weighted by atomic mass is 16.5. The molecular weight excluding hydrogens is 412 g/mol. The molecule has 1 N–H and O–H groups in total. The van der Waals surface area contributed by atoms with Gasteiger partial charge in [-0.25, -0.2) is 0 Å². The van der Waals surface area contributed by atoms with Crippen molar-refractivity contribution in [3.8, 4) is 5.75 Å². The number of carbonyl (C=O) groups is 1. The molecule has 5 heteroatoms. The monoisotopic (exact) mass is 450 g/mol. The average Bonchev–Trinajstić information content (AvgIpc) is 3.68. The van der Waals surface area contributed by atoms with Crippen LogP contribution in [0.4, 0.5) is 0 Å². The zero-order chi connectivity index (χ0) is 23.0. The first-order valence-electron chi connectivity index (χ1n) is 12.5. The molecule has 4 rings (SSSR count). The number of nitrogens with one attached hydrogen (secondary N) is 1. The summed E-state index contributed by atoms with van der Waals surface area (Å²) in [6.45, 7) is 6.29. The van der Waals surface area contributed by atoms with Crippen LogP contribution >= 0.6 is 0 Å². The van der Waals surface area contributed by atoms with Crippen LogP contribution in [0.5, 0.6) is 5.75 Å². The Kier molecular flexibility index (Phi) is 8.40. The summed E-state index contributed by atoms with van der Waals surface area (Å²) in [5.74, 6) is 1.67. The Morgan fingerprint density at radius 1 is 1.09 bits per heavy atom. The van der Waals surface area contributed by atoms with Gasteiger partial charge in [0.25, 0.3) is 5.91 Å². The highest BCUT2D eigenvalue weighted by molar-refractivity contribution is 5.94. The van der Waals surface area contributed by atoms with E-state index in [4.69, 9.17) is 9.47 Å². The fourth-order valence-corrected chi connectivity index (χ4v) is 4.47. The molecule has 0 radical (unpaired) electrons. The van der Waals surface area contributed by atoms with Crippen LogP contribution in [0.2, 0.25) is 0 Å². The minimum absolute atomic E-state index is 0.0880. The van der Waals surface area contributed by atoms with E-state index < -0.39 is 0 Å². The number of aryl methyl sites for hydroxylation is 1. The molecule has 1 atom stereocenters. The zero-order valence-corrected chi connectivity index (χ0v) is 20.1. The average molecular weight is 451 g/mol. The van der Waals surface area contributed by atoms with Crippen LogP contribution in [-0.2, 0) is 24.1 Å². The number of fused-ring (bicyclic) bond motifs is 1. The van der Waals surface area contributed by atoms with Crippen LogP contribution in [0.1, 0.15) is 59.7 Å². The largest absolute Gasteiger partial charge is 0.493 e. The van der Waals surface area contributed by atoms with E-state index in [0.29, 0.717) is 0 Å². The molecule has 0 bridgehead atoms. The summed E-state index contributed by atoms with van der Waals surface area (Å²) in [5, 5.41) is 3.51. The Bertz CT molecular complexity index is 908. The molecule has 1 fully saturated rings. The van der Waals surface area contributed by atoms with Crippen molar-refractivity contribution >= 4 is 5.91 Å². The second-order valence-corrected chi connectivity index (χ2v) is 9.42. The van der Waals surface area contributed by atoms with Gasteiger partial charge < -0.3 is 19.7 Å². The number of nitrogens with zero attached hydrogens (tertiary/aromatic N) is 1. The zero-order valence-electron chi connectivity index (χ0n) is 20.1. The third-order valence-electron chi connectivity index (χ3n) is 6.80. The standard InChI is InChI=1S/C28H38N2O3/c1-3-32-16-4-15-29-19-22-7-8-25-18-26(12-9-24(25)17-22)30(2)28(31)23-10-13-27(14-11-23)33-20-21-5-6-21/h7-8,10-11,13-14,17,21,26,29H,3-6,9,12,15-16,18-20H2,1-2H3/t26-/m0/s1. The quantitative estimate of drug-likeness (QED) is 0.480. The van der Waals surface area contributed by atoms with Crippen LogP contribution in [0.15, 0.2) is 42.5 Å². The molecule has 178 valence electrons. The molecule has 0 heterocycles. The summed E-state index contributed by atoms with van der Waals surface area (Å²) in [6, 6.07) is 14.7. The molecule has 33 heavy (non-hydrogen) atoms. The molecule has 2 aromatic rings. The van der Waals surface area contributed by atoms with Gasteiger partial charge in [-0.2, -0.15) is 0 Å². The van der Waals surface area contributed by atoms with E-state index in [1.807, 2.05) is 43.1 Å². The van der Waals surface area contributed by atoms with Gasteiger partial charge in [0.05, 0.1) is 6.61 Å². The Morgan fingerprint density at radius 2 is 1.91 bits per heavy atom. The van der Waals surface area contributed by atoms with Crippen molar-refractivity contribution in [3.63, 3.8) is 0 Å². The number of hydrogen-bond acceptors (Lipinski definition) is 4. The molecule has 1 amide bonds. The van der Waals surface area contributed by atoms with Crippen molar-refractivity contribution in [1.82, 2.24) is 10.2 Å². The van der Waals surface area contributed by atoms with E-state index in [0.717, 1.165) is 75.8 Å². The molecule has 5 nitrogen and oxygen atoms in total. The number of carbonyl (C=O) groups excluding carboxylic acids is 1. The lowest BCUT2D eigenvalue weighted by molar-refractivity contribution is 0.0719. The number of amides is 1. The second kappa shape index (κ2) is 11.7. The lowest BCUT2D eigenvalue weighted by Crippen LogP contribution is -2.40. The summed E-state index contributed by atoms with van der Waals surface area (Å²) in [7, 11) is 1.94. The highest BCUT2D eigenvalue weighted by Gasteiger charge is 2.26. The molecule has 0 spiro atoms. The third kappa shape index (κ3) is 6.81. The number of ether oxygens (including phenoxy) is 2. The van der Waals surface area contributed by atoms with E-state index in [1.165, 1.54) is 29.5 Å². The van der Waals surface area contributed by atoms with Gasteiger partial charge in [-0.3, -0.25) is 4.79 Å². The lowest BCUT2D eigenvalue weighted by atomic mass is 9.86. The molecule has 0 unspecified atom stereocenters. The first-order valence-corrected chi connectivity index (χ1v) is 12.5. The van der Waals surface area contributed by atoms with E-state index in [2.05, 4.69) is 23.5 Å². The molecule has 0 aromatic heterocycles. The minimum atomic E-state index is 0.0880. The number of hydrogen-bond donors (Lipinski definition) is 1. The van der Waals surface area contributed by atoms with Crippen molar-refractivity contribution in [2.45, 2.75) is 58.0 Å². The molecule has 2 aliphatic carbocycles. The maximum Gasteiger partial charge on any atom is 0.253 e. The molecule has 1 saturated carbocycles. The van der Waals surface area contributed by atoms with Gasteiger partial charge in [-0.1, -0.05) is 18.2 Å². The van der Waals surface area contributed by atoms with Gasteiger partial charge in [-0.15, -0.1) is 0 Å². The van der Waals surface area contributed by atoms with Gasteiger partial charge in [0, 0.05) is 38.4 Å². The first-order chi connectivity index (χ1) is 16.1. The van der Waals surface area contributed by atoms with Crippen LogP contribution in [-0.4, -0.2) is 50.3 Å². The van der Waals surface area contributed by atoms with E-state index in [1.54, 1.807) is 0 Å². The van der Waals surface area contributed by atoms with Crippen molar-refractivity contribution in [2.75, 3.05) is 33.4 Å². The van der Waals surface area contributed by atoms with Crippen molar-refractivity contribution < 1.29 is 14.3 Å². The van der Waals surface area contributed by atoms with Gasteiger partial charge in [0.15, 0.2) is 0 Å². The summed E-state index contributed by atoms with van der Waals surface area (Å²) in [5.41, 5.74) is 4.86. The molecule has 0 saturated heterocycles. The van der Waals surface area contributed by atoms with E-state index >= 15 is 0 Å². The lowest BCUT2D eigenvalue weighted by Gasteiger charge is -2.33. The van der Waals surface area contributed by atoms with Crippen LogP contribution in [0, 0.1) is 5.92 Å². The number of rotatable bonds is 12. The Balaban J connectivity index is 1.27. The van der Waals surface area contributed by atoms with Crippen LogP contribution in [0.3, 0.4) is 0 Å². The molecular formula is C28H38N2O3. The van der Waals surface area contributed by atoms with Crippen molar-refractivity contribution in [2.24, 2.45) is 5.92 Å². The maximum absolute atomic E-state index is 13.1. The van der Waals surface area contributed by atoms with Crippen molar-refractivity contribution in [1.29, 1.82) is 0 Å². The maximum atomic E-state index is 13.1. The molecule has 2 aromatic carbocycles. The third-order valence-corrected chi connectivity index (χ3v) is 6.80. The van der Waals surface area contributed by atoms with E-state index in [9.17, 15) is 4.79 Å². The molecule has 2 aliphatic rings. The van der Waals surface area contributed by atoms with Crippen LogP contribution in [0.25, 0.3) is 0 Å². The number of likely N-dealkylation sites (N-methyl/N-ethyl adjacent to an activating group) is 1. The summed E-state index contributed by atoms with van der Waals surface area (Å²) < 4.78 is 11.2. The van der Waals surface area contributed by atoms with Crippen molar-refractivity contribution in [3.05, 3.63) is 64.7 Å². The van der Waals surface area contributed by atoms with E-state index in [-0.39, 0.29) is 11.9 Å². The predicted molar refractivity (Wildman–Crippen MR) is 132 cm³/mol. The fraction of sp³-hybridized carbons (Fsp3) is 0.536. The Labute approximate surface area is 198 Å². The van der Waals surface area contributed by atoms with Gasteiger partial charge in [0.1, 0.15) is 5.75 Å². The Morgan fingerprint density at radius 3 is 2.67 bits per heavy atom. The summed E-state index contributed by atoms with van der Waals surface area (Å²) in [4.78, 5) is 15.0. The van der Waals surface area contributed by atoms with Gasteiger partial charge in [-0.05, 0) is 98.9 Å². The fourth-order valence-electron chi connectivity index (χ4n) is 4.47. The van der Waals surface area contributed by atoms with Crippen LogP contribution < -0.4 is 10.1 Å². The summed E-state index contributed by atoms with van der Waals surface area (Å²) in [6.07, 6.45) is 6.53. The Hall–Kier alpha value is -2.37. The topological polar surface area (TPSA) is 50.8 Å². The second-order valence-electron chi connectivity index (χ2n) is 9.42. The first kappa shape index (κ1) is 23.8. The number of benzene rings is 2. The normalized spacial score (nSPS) is 17.5. The minimum Gasteiger partial charge on any atom is -0.493 e. The van der Waals surface area contributed by atoms with Gasteiger partial charge in [0.2, 0.25) is 0 Å². The SMILES string of the molecule is CCOCCCNCc1ccc2c(c1)CC[C@H](N(C)C(=O)c1ccc(OCC3CC3)cc1)C2. The van der Waals surface area contributed by atoms with Gasteiger partial charge >= 0.3 is 0 Å². The predicted octanol–water partition coefficient (Wildman–Crippen LogP) is 4.62.